The van der Waals surface area contributed by atoms with Gasteiger partial charge in [0.25, 0.3) is 0 Å². The summed E-state index contributed by atoms with van der Waals surface area (Å²) < 4.78 is 4.62. The van der Waals surface area contributed by atoms with Crippen LogP contribution in [0.25, 0.3) is 0 Å². The lowest BCUT2D eigenvalue weighted by atomic mass is 9.88. The van der Waals surface area contributed by atoms with E-state index < -0.39 is 11.1 Å². The van der Waals surface area contributed by atoms with E-state index in [1.54, 1.807) is 20.9 Å². The van der Waals surface area contributed by atoms with Gasteiger partial charge in [-0.15, -0.1) is 0 Å². The highest BCUT2D eigenvalue weighted by atomic mass is 16.5. The molecule has 0 heterocycles. The van der Waals surface area contributed by atoms with Gasteiger partial charge in [-0.2, -0.15) is 0 Å². The molecule has 0 saturated heterocycles. The number of nitrogens with zero attached hydrogens (tertiary/aromatic N) is 1. The van der Waals surface area contributed by atoms with E-state index in [0.29, 0.717) is 6.42 Å². The fourth-order valence-electron chi connectivity index (χ4n) is 1.56. The van der Waals surface area contributed by atoms with Crippen molar-refractivity contribution < 1.29 is 14.6 Å². The lowest BCUT2D eigenvalue weighted by Gasteiger charge is -2.38. The first kappa shape index (κ1) is 13.2. The lowest BCUT2D eigenvalue weighted by molar-refractivity contribution is 0.0105. The first-order valence-electron chi connectivity index (χ1n) is 4.64. The average Bonchev–Trinajstić information content (AvgIpc) is 1.97. The van der Waals surface area contributed by atoms with Gasteiger partial charge in [-0.1, -0.05) is 0 Å². The molecule has 0 saturated carbocycles. The van der Waals surface area contributed by atoms with Gasteiger partial charge in [0.1, 0.15) is 0 Å². The maximum atomic E-state index is 11.3. The molecule has 1 amide bonds. The smallest absolute Gasteiger partial charge is 0.409 e. The Morgan fingerprint density at radius 3 is 2.07 bits per heavy atom. The summed E-state index contributed by atoms with van der Waals surface area (Å²) in [6, 6.07) is 0. The van der Waals surface area contributed by atoms with Crippen molar-refractivity contribution in [2.75, 3.05) is 14.2 Å². The molecule has 1 N–H and O–H groups in total. The second-order valence-corrected chi connectivity index (χ2v) is 4.83. The van der Waals surface area contributed by atoms with E-state index in [1.807, 2.05) is 13.8 Å². The first-order valence-corrected chi connectivity index (χ1v) is 4.64. The monoisotopic (exact) mass is 203 g/mol. The Morgan fingerprint density at radius 2 is 1.79 bits per heavy atom. The normalized spacial score (nSPS) is 12.5. The third-order valence-corrected chi connectivity index (χ3v) is 2.22. The zero-order valence-electron chi connectivity index (χ0n) is 9.92. The zero-order chi connectivity index (χ0) is 11.6. The van der Waals surface area contributed by atoms with Crippen LogP contribution in [0.1, 0.15) is 34.1 Å². The Balaban J connectivity index is 4.53. The molecule has 0 aromatic rings. The Bertz CT molecular complexity index is 206. The van der Waals surface area contributed by atoms with Gasteiger partial charge in [0.15, 0.2) is 0 Å². The number of hydrogen-bond acceptors (Lipinski definition) is 3. The topological polar surface area (TPSA) is 49.8 Å². The number of methoxy groups -OCH3 is 1. The van der Waals surface area contributed by atoms with Crippen LogP contribution in [0.3, 0.4) is 0 Å². The third-order valence-electron chi connectivity index (χ3n) is 2.22. The Kier molecular flexibility index (Phi) is 3.94. The molecule has 0 fully saturated rings. The molecule has 0 aromatic carbocycles. The van der Waals surface area contributed by atoms with Gasteiger partial charge in [-0.05, 0) is 34.1 Å². The predicted octanol–water partition coefficient (Wildman–Crippen LogP) is 1.62. The number of aliphatic hydroxyl groups is 1. The van der Waals surface area contributed by atoms with E-state index >= 15 is 0 Å². The minimum absolute atomic E-state index is 0.390. The third kappa shape index (κ3) is 3.96. The number of amides is 1. The van der Waals surface area contributed by atoms with Gasteiger partial charge >= 0.3 is 6.09 Å². The largest absolute Gasteiger partial charge is 0.453 e. The Hall–Kier alpha value is -0.770. The van der Waals surface area contributed by atoms with E-state index in [1.165, 1.54) is 12.0 Å². The van der Waals surface area contributed by atoms with Gasteiger partial charge < -0.3 is 14.7 Å². The van der Waals surface area contributed by atoms with Crippen LogP contribution in [-0.2, 0) is 4.74 Å². The summed E-state index contributed by atoms with van der Waals surface area (Å²) in [4.78, 5) is 12.8. The quantitative estimate of drug-likeness (QED) is 0.758. The highest BCUT2D eigenvalue weighted by molar-refractivity contribution is 5.68. The van der Waals surface area contributed by atoms with Crippen molar-refractivity contribution in [2.24, 2.45) is 0 Å². The highest BCUT2D eigenvalue weighted by Crippen LogP contribution is 2.25. The summed E-state index contributed by atoms with van der Waals surface area (Å²) in [6.07, 6.45) is 0.102. The van der Waals surface area contributed by atoms with E-state index in [9.17, 15) is 9.90 Å². The minimum Gasteiger partial charge on any atom is -0.453 e. The van der Waals surface area contributed by atoms with Crippen LogP contribution < -0.4 is 0 Å². The number of carbonyl (C=O) groups excluding carboxylic acids is 1. The summed E-state index contributed by atoms with van der Waals surface area (Å²) in [5.41, 5.74) is -1.23. The van der Waals surface area contributed by atoms with E-state index in [0.717, 1.165) is 0 Å². The SMILES string of the molecule is COC(=O)N(C)C(C)(C)CC(C)(C)O. The van der Waals surface area contributed by atoms with Crippen LogP contribution in [0.5, 0.6) is 0 Å². The molecule has 0 aromatic heterocycles. The van der Waals surface area contributed by atoms with Crippen LogP contribution >= 0.6 is 0 Å². The maximum Gasteiger partial charge on any atom is 0.409 e. The number of rotatable bonds is 3. The zero-order valence-corrected chi connectivity index (χ0v) is 9.92. The van der Waals surface area contributed by atoms with Crippen LogP contribution in [0.15, 0.2) is 0 Å². The Morgan fingerprint density at radius 1 is 1.36 bits per heavy atom. The fourth-order valence-corrected chi connectivity index (χ4v) is 1.56. The Labute approximate surface area is 85.9 Å². The van der Waals surface area contributed by atoms with E-state index in [-0.39, 0.29) is 6.09 Å². The second kappa shape index (κ2) is 4.17. The van der Waals surface area contributed by atoms with Crippen molar-refractivity contribution in [1.82, 2.24) is 4.90 Å². The summed E-state index contributed by atoms with van der Waals surface area (Å²) in [6.45, 7) is 7.23. The molecule has 0 rings (SSSR count). The van der Waals surface area contributed by atoms with Crippen molar-refractivity contribution in [2.45, 2.75) is 45.3 Å². The molecular formula is C10H21NO3. The number of carbonyl (C=O) groups is 1. The summed E-state index contributed by atoms with van der Waals surface area (Å²) in [7, 11) is 3.01. The minimum atomic E-state index is -0.800. The van der Waals surface area contributed by atoms with Crippen molar-refractivity contribution in [3.63, 3.8) is 0 Å². The van der Waals surface area contributed by atoms with Crippen molar-refractivity contribution in [3.05, 3.63) is 0 Å². The molecule has 0 aliphatic carbocycles. The van der Waals surface area contributed by atoms with Gasteiger partial charge in [0, 0.05) is 12.6 Å². The molecule has 0 unspecified atom stereocenters. The van der Waals surface area contributed by atoms with Gasteiger partial charge in [0.05, 0.1) is 12.7 Å². The molecule has 14 heavy (non-hydrogen) atoms. The molecular weight excluding hydrogens is 182 g/mol. The van der Waals surface area contributed by atoms with Crippen molar-refractivity contribution >= 4 is 6.09 Å². The molecule has 4 heteroatoms. The first-order chi connectivity index (χ1) is 6.10. The number of hydrogen-bond donors (Lipinski definition) is 1. The van der Waals surface area contributed by atoms with Crippen molar-refractivity contribution in [1.29, 1.82) is 0 Å². The molecule has 0 atom stereocenters. The molecule has 0 radical (unpaired) electrons. The van der Waals surface area contributed by atoms with Gasteiger partial charge in [-0.3, -0.25) is 0 Å². The van der Waals surface area contributed by atoms with Crippen LogP contribution in [0.2, 0.25) is 0 Å². The van der Waals surface area contributed by atoms with Crippen molar-refractivity contribution in [3.8, 4) is 0 Å². The lowest BCUT2D eigenvalue weighted by Crippen LogP contribution is -2.48. The second-order valence-electron chi connectivity index (χ2n) is 4.83. The number of ether oxygens (including phenoxy) is 1. The fraction of sp³-hybridized carbons (Fsp3) is 0.900. The summed E-state index contributed by atoms with van der Waals surface area (Å²) in [5, 5.41) is 9.68. The molecule has 84 valence electrons. The van der Waals surface area contributed by atoms with Gasteiger partial charge in [-0.25, -0.2) is 4.79 Å². The summed E-state index contributed by atoms with van der Waals surface area (Å²) >= 11 is 0. The van der Waals surface area contributed by atoms with Crippen LogP contribution in [0.4, 0.5) is 4.79 Å². The summed E-state index contributed by atoms with van der Waals surface area (Å²) in [5.74, 6) is 0. The molecule has 0 spiro atoms. The molecule has 0 aliphatic rings. The molecule has 4 nitrogen and oxygen atoms in total. The van der Waals surface area contributed by atoms with Crippen LogP contribution in [-0.4, -0.2) is 41.4 Å². The molecule has 0 bridgehead atoms. The maximum absolute atomic E-state index is 11.3. The average molecular weight is 203 g/mol. The predicted molar refractivity (Wildman–Crippen MR) is 55.2 cm³/mol. The highest BCUT2D eigenvalue weighted by Gasteiger charge is 2.33. The molecule has 0 aliphatic heterocycles. The standard InChI is InChI=1S/C10H21NO3/c1-9(2,7-10(3,4)13)11(5)8(12)14-6/h13H,7H2,1-6H3. The van der Waals surface area contributed by atoms with E-state index in [4.69, 9.17) is 0 Å². The van der Waals surface area contributed by atoms with E-state index in [2.05, 4.69) is 4.74 Å². The van der Waals surface area contributed by atoms with Gasteiger partial charge in [0.2, 0.25) is 0 Å². The van der Waals surface area contributed by atoms with Crippen LogP contribution in [0, 0.1) is 0 Å².